The predicted octanol–water partition coefficient (Wildman–Crippen LogP) is 20.7. The fraction of sp³-hybridized carbons (Fsp3) is 0.944. The third-order valence-electron chi connectivity index (χ3n) is 16.6. The number of hydrogen-bond donors (Lipinski definition) is 3. The summed E-state index contributed by atoms with van der Waals surface area (Å²) in [5.41, 5.74) is 0. The highest BCUT2D eigenvalue weighted by Gasteiger charge is 2.30. The van der Waals surface area contributed by atoms with Crippen LogP contribution in [0.3, 0.4) is 0 Å². The summed E-state index contributed by atoms with van der Waals surface area (Å²) in [6.07, 6.45) is 54.2. The average Bonchev–Trinajstić information content (AvgIpc) is 3.71. The summed E-state index contributed by atoms with van der Waals surface area (Å²) in [6.45, 7) is 4.91. The van der Waals surface area contributed by atoms with Crippen molar-refractivity contribution in [1.29, 1.82) is 0 Å². The van der Waals surface area contributed by atoms with Crippen LogP contribution in [0.5, 0.6) is 0 Å². The molecule has 0 aliphatic carbocycles. The monoisotopic (exact) mass is 1320 g/mol. The van der Waals surface area contributed by atoms with E-state index in [1.54, 1.807) is 0 Å². The Morgan fingerprint density at radius 3 is 0.656 bits per heavy atom. The Hall–Kier alpha value is -1.94. The maximum absolute atomic E-state index is 13.0. The predicted molar refractivity (Wildman–Crippen MR) is 363 cm³/mol. The summed E-state index contributed by atoms with van der Waals surface area (Å²) in [4.78, 5) is 72.4. The lowest BCUT2D eigenvalue weighted by Crippen LogP contribution is -2.30. The molecule has 0 fully saturated rings. The van der Waals surface area contributed by atoms with Gasteiger partial charge in [-0.15, -0.1) is 0 Å². The highest BCUT2D eigenvalue weighted by Crippen LogP contribution is 2.45. The van der Waals surface area contributed by atoms with Gasteiger partial charge in [-0.25, -0.2) is 9.13 Å². The second-order valence-electron chi connectivity index (χ2n) is 25.6. The van der Waals surface area contributed by atoms with Crippen LogP contribution < -0.4 is 0 Å². The van der Waals surface area contributed by atoms with Gasteiger partial charge in [0.25, 0.3) is 0 Å². The molecule has 2 unspecified atom stereocenters. The molecule has 19 heteroatoms. The van der Waals surface area contributed by atoms with Crippen molar-refractivity contribution in [3.05, 3.63) is 0 Å². The smallest absolute Gasteiger partial charge is 0.462 e. The van der Waals surface area contributed by atoms with Crippen molar-refractivity contribution in [1.82, 2.24) is 0 Å². The molecule has 0 aromatic heterocycles. The van der Waals surface area contributed by atoms with E-state index in [1.807, 2.05) is 0 Å². The Morgan fingerprint density at radius 2 is 0.444 bits per heavy atom. The number of phosphoric ester groups is 2. The van der Waals surface area contributed by atoms with Gasteiger partial charge in [0.15, 0.2) is 12.2 Å². The summed E-state index contributed by atoms with van der Waals surface area (Å²) >= 11 is 0. The molecule has 0 amide bonds. The molecule has 17 nitrogen and oxygen atoms in total. The number of esters is 4. The van der Waals surface area contributed by atoms with Gasteiger partial charge in [-0.05, 0) is 25.7 Å². The molecule has 0 aliphatic rings. The van der Waals surface area contributed by atoms with Gasteiger partial charge in [-0.3, -0.25) is 37.3 Å². The first-order chi connectivity index (χ1) is 43.7. The summed E-state index contributed by atoms with van der Waals surface area (Å²) in [7, 11) is -9.89. The lowest BCUT2D eigenvalue weighted by Gasteiger charge is -2.21. The van der Waals surface area contributed by atoms with Crippen molar-refractivity contribution in [3.63, 3.8) is 0 Å². The SMILES string of the molecule is CCCCCCCCCCCCCCCCCCCCC(=O)O[C@H](COC(=O)CCCCCCCCCCCCCCCCC)COP(=O)(O)OC[C@@H](O)COP(=O)(O)OC[C@@H](COC(=O)CCCCCCCCCC)OC(=O)CCCCCCCCCCC. The topological polar surface area (TPSA) is 237 Å². The number of carbonyl (C=O) groups excluding carboxylic acids is 4. The van der Waals surface area contributed by atoms with E-state index in [0.717, 1.165) is 96.3 Å². The molecule has 5 atom stereocenters. The maximum Gasteiger partial charge on any atom is 0.472 e. The zero-order valence-corrected chi connectivity index (χ0v) is 59.9. The van der Waals surface area contributed by atoms with Crippen LogP contribution in [-0.4, -0.2) is 96.7 Å². The van der Waals surface area contributed by atoms with Gasteiger partial charge in [-0.1, -0.05) is 323 Å². The quantitative estimate of drug-likeness (QED) is 0.0222. The van der Waals surface area contributed by atoms with E-state index in [1.165, 1.54) is 199 Å². The number of aliphatic hydroxyl groups is 1. The second kappa shape index (κ2) is 65.7. The summed E-state index contributed by atoms with van der Waals surface area (Å²) in [6, 6.07) is 0. The third-order valence-corrected chi connectivity index (χ3v) is 18.5. The molecule has 0 radical (unpaired) electrons. The molecule has 0 aliphatic heterocycles. The van der Waals surface area contributed by atoms with Crippen LogP contribution in [0.25, 0.3) is 0 Å². The average molecular weight is 1330 g/mol. The van der Waals surface area contributed by atoms with Gasteiger partial charge in [0, 0.05) is 25.7 Å². The zero-order chi connectivity index (χ0) is 66.1. The standard InChI is InChI=1S/C71H138O17P2/c1-5-9-13-17-21-25-27-29-31-32-33-35-37-39-42-46-50-54-58-71(76)88-67(62-82-69(74)56-52-48-44-41-38-36-34-30-28-26-22-18-14-10-6-2)64-86-90(79,80)84-60-65(72)59-83-89(77,78)85-63-66(61-81-68(73)55-51-47-43-24-20-16-12-8-4)87-70(75)57-53-49-45-40-23-19-15-11-7-3/h65-67,72H,5-64H2,1-4H3,(H,77,78)(H,79,80)/t65-,66+,67+/m0/s1. The molecule has 0 bridgehead atoms. The van der Waals surface area contributed by atoms with Crippen LogP contribution in [0.15, 0.2) is 0 Å². The van der Waals surface area contributed by atoms with E-state index in [4.69, 9.17) is 37.0 Å². The van der Waals surface area contributed by atoms with Gasteiger partial charge in [0.2, 0.25) is 0 Å². The number of hydrogen-bond acceptors (Lipinski definition) is 15. The van der Waals surface area contributed by atoms with Crippen LogP contribution in [0.4, 0.5) is 0 Å². The summed E-state index contributed by atoms with van der Waals surface area (Å²) < 4.78 is 68.2. The molecule has 0 rings (SSSR count). The largest absolute Gasteiger partial charge is 0.472 e. The van der Waals surface area contributed by atoms with Crippen molar-refractivity contribution in [2.75, 3.05) is 39.6 Å². The van der Waals surface area contributed by atoms with Gasteiger partial charge in [-0.2, -0.15) is 0 Å². The molecule has 0 spiro atoms. The molecule has 534 valence electrons. The number of carbonyl (C=O) groups is 4. The van der Waals surface area contributed by atoms with E-state index in [-0.39, 0.29) is 25.7 Å². The maximum atomic E-state index is 13.0. The van der Waals surface area contributed by atoms with E-state index >= 15 is 0 Å². The normalized spacial score (nSPS) is 14.0. The van der Waals surface area contributed by atoms with Crippen molar-refractivity contribution in [2.24, 2.45) is 0 Å². The van der Waals surface area contributed by atoms with Crippen molar-refractivity contribution in [2.45, 2.75) is 393 Å². The van der Waals surface area contributed by atoms with Crippen molar-refractivity contribution < 1.29 is 80.2 Å². The van der Waals surface area contributed by atoms with Gasteiger partial charge in [0.1, 0.15) is 19.3 Å². The third kappa shape index (κ3) is 64.8. The highest BCUT2D eigenvalue weighted by atomic mass is 31.2. The minimum atomic E-state index is -4.95. The Kier molecular flexibility index (Phi) is 64.3. The van der Waals surface area contributed by atoms with E-state index in [9.17, 15) is 43.2 Å². The molecule has 0 aromatic rings. The van der Waals surface area contributed by atoms with E-state index in [2.05, 4.69) is 27.7 Å². The number of phosphoric acid groups is 2. The minimum Gasteiger partial charge on any atom is -0.462 e. The fourth-order valence-electron chi connectivity index (χ4n) is 10.9. The van der Waals surface area contributed by atoms with Crippen LogP contribution in [0.1, 0.15) is 374 Å². The number of ether oxygens (including phenoxy) is 4. The number of unbranched alkanes of at least 4 members (excludes halogenated alkanes) is 46. The molecule has 90 heavy (non-hydrogen) atoms. The molecule has 0 heterocycles. The summed E-state index contributed by atoms with van der Waals surface area (Å²) in [5, 5.41) is 10.6. The minimum absolute atomic E-state index is 0.106. The van der Waals surface area contributed by atoms with Gasteiger partial charge < -0.3 is 33.8 Å². The Morgan fingerprint density at radius 1 is 0.267 bits per heavy atom. The molecular formula is C71H138O17P2. The zero-order valence-electron chi connectivity index (χ0n) is 58.1. The first kappa shape index (κ1) is 88.1. The lowest BCUT2D eigenvalue weighted by molar-refractivity contribution is -0.161. The van der Waals surface area contributed by atoms with Crippen LogP contribution in [0, 0.1) is 0 Å². The Balaban J connectivity index is 5.18. The van der Waals surface area contributed by atoms with E-state index < -0.39 is 97.5 Å². The molecule has 0 aromatic carbocycles. The van der Waals surface area contributed by atoms with Crippen LogP contribution >= 0.6 is 15.6 Å². The van der Waals surface area contributed by atoms with Crippen LogP contribution in [-0.2, 0) is 65.4 Å². The molecule has 0 saturated heterocycles. The first-order valence-corrected chi connectivity index (χ1v) is 40.3. The number of rotatable bonds is 72. The van der Waals surface area contributed by atoms with E-state index in [0.29, 0.717) is 25.7 Å². The van der Waals surface area contributed by atoms with Crippen molar-refractivity contribution >= 4 is 39.5 Å². The van der Waals surface area contributed by atoms with Gasteiger partial charge >= 0.3 is 39.5 Å². The first-order valence-electron chi connectivity index (χ1n) is 37.3. The molecule has 0 saturated carbocycles. The second-order valence-corrected chi connectivity index (χ2v) is 28.5. The molecular weight excluding hydrogens is 1190 g/mol. The Labute approximate surface area is 549 Å². The van der Waals surface area contributed by atoms with Gasteiger partial charge in [0.05, 0.1) is 26.4 Å². The highest BCUT2D eigenvalue weighted by molar-refractivity contribution is 7.47. The fourth-order valence-corrected chi connectivity index (χ4v) is 12.4. The summed E-state index contributed by atoms with van der Waals surface area (Å²) in [5.74, 6) is -2.12. The lowest BCUT2D eigenvalue weighted by atomic mass is 10.0. The van der Waals surface area contributed by atoms with Crippen molar-refractivity contribution in [3.8, 4) is 0 Å². The molecule has 3 N–H and O–H groups in total. The Bertz CT molecular complexity index is 1720. The number of aliphatic hydroxyl groups excluding tert-OH is 1. The van der Waals surface area contributed by atoms with Crippen LogP contribution in [0.2, 0.25) is 0 Å².